The van der Waals surface area contributed by atoms with Gasteiger partial charge in [0.2, 0.25) is 0 Å². The van der Waals surface area contributed by atoms with Gasteiger partial charge in [-0.25, -0.2) is 0 Å². The Hall–Kier alpha value is -10.6. The van der Waals surface area contributed by atoms with Gasteiger partial charge in [0.15, 0.2) is 0 Å². The third-order valence-electron chi connectivity index (χ3n) is 9.82. The van der Waals surface area contributed by atoms with E-state index >= 15 is 0 Å². The molecule has 0 unspecified atom stereocenters. The number of carbonyl (C=O) groups excluding carboxylic acids is 20. The van der Waals surface area contributed by atoms with E-state index in [0.717, 1.165) is 0 Å². The van der Waals surface area contributed by atoms with Crippen LogP contribution in [0.4, 0.5) is 0 Å². The van der Waals surface area contributed by atoms with Crippen molar-refractivity contribution in [2.45, 2.75) is 396 Å². The third-order valence-corrected chi connectivity index (χ3v) is 9.82. The van der Waals surface area contributed by atoms with Gasteiger partial charge in [-0.3, -0.25) is 95.9 Å². The second-order valence-corrected chi connectivity index (χ2v) is 23.6. The summed E-state index contributed by atoms with van der Waals surface area (Å²) in [6.45, 7) is 86.5. The molecule has 0 aliphatic carbocycles. The molecule has 0 atom stereocenters. The molecule has 0 heterocycles. The molecule has 0 aromatic heterocycles. The summed E-state index contributed by atoms with van der Waals surface area (Å²) in [5.74, 6) is -4.21. The van der Waals surface area contributed by atoms with Crippen LogP contribution in [0.15, 0.2) is 0 Å². The second-order valence-electron chi connectivity index (χ2n) is 23.6. The van der Waals surface area contributed by atoms with Crippen LogP contribution in [-0.4, -0.2) is 252 Å². The van der Waals surface area contributed by atoms with Crippen molar-refractivity contribution in [3.05, 3.63) is 0 Å². The van der Waals surface area contributed by atoms with Crippen LogP contribution in [0.25, 0.3) is 0 Å². The normalized spacial score (nSPS) is 7.84. The predicted molar refractivity (Wildman–Crippen MR) is 536 cm³/mol. The van der Waals surface area contributed by atoms with E-state index in [2.05, 4.69) is 136 Å². The highest BCUT2D eigenvalue weighted by Crippen LogP contribution is 1.97. The Kier molecular flexibility index (Phi) is 262. The van der Waals surface area contributed by atoms with Crippen LogP contribution in [0, 0.1) is 0 Å². The molecule has 0 saturated carbocycles. The van der Waals surface area contributed by atoms with Crippen molar-refractivity contribution in [1.82, 2.24) is 0 Å². The highest BCUT2D eigenvalue weighted by Gasteiger charge is 1.92. The molecule has 40 heteroatoms. The van der Waals surface area contributed by atoms with Crippen molar-refractivity contribution in [3.8, 4) is 0 Å². The first-order chi connectivity index (χ1) is 64.1. The second kappa shape index (κ2) is 193. The fraction of sp³-hybridized carbons (Fsp3) is 0.796. The average molecular weight is 2020 g/mol. The van der Waals surface area contributed by atoms with Crippen LogP contribution in [0.1, 0.15) is 396 Å². The zero-order valence-electron chi connectivity index (χ0n) is 95.0. The molecule has 0 spiro atoms. The Morgan fingerprint density at radius 1 is 0.0942 bits per heavy atom. The molecule has 138 heavy (non-hydrogen) atoms. The van der Waals surface area contributed by atoms with Crippen molar-refractivity contribution in [2.24, 2.45) is 0 Å². The van der Waals surface area contributed by atoms with Crippen molar-refractivity contribution < 1.29 is 191 Å². The third kappa shape index (κ3) is 569. The Labute approximate surface area is 834 Å². The summed E-state index contributed by atoms with van der Waals surface area (Å²) in [5.41, 5.74) is 0. The first kappa shape index (κ1) is 187. The molecule has 0 amide bonds. The van der Waals surface area contributed by atoms with Crippen LogP contribution < -0.4 is 0 Å². The molecule has 0 radical (unpaired) electrons. The van der Waals surface area contributed by atoms with Crippen molar-refractivity contribution in [3.63, 3.8) is 0 Å². The highest BCUT2D eigenvalue weighted by molar-refractivity contribution is 5.71. The first-order valence-corrected chi connectivity index (χ1v) is 46.8. The van der Waals surface area contributed by atoms with Crippen molar-refractivity contribution >= 4 is 119 Å². The van der Waals surface area contributed by atoms with E-state index in [0.29, 0.717) is 132 Å². The molecular formula is C98H202O40. The number of esters is 20. The lowest BCUT2D eigenvalue weighted by molar-refractivity contribution is -0.141. The van der Waals surface area contributed by atoms with Crippen LogP contribution in [0.5, 0.6) is 0 Å². The summed E-state index contributed by atoms with van der Waals surface area (Å²) >= 11 is 0. The minimum absolute atomic E-state index is 0.211. The molecule has 40 nitrogen and oxygen atoms in total. The van der Waals surface area contributed by atoms with Gasteiger partial charge in [-0.1, -0.05) is 119 Å². The van der Waals surface area contributed by atoms with Gasteiger partial charge < -0.3 is 94.7 Å². The molecule has 0 fully saturated rings. The molecule has 0 aliphatic rings. The number of unbranched alkanes of at least 4 members (excludes halogenated alkanes) is 9. The van der Waals surface area contributed by atoms with Gasteiger partial charge in [0.1, 0.15) is 0 Å². The first-order valence-electron chi connectivity index (χ1n) is 46.8. The molecule has 0 saturated heterocycles. The minimum atomic E-state index is -0.211. The van der Waals surface area contributed by atoms with Gasteiger partial charge in [-0.2, -0.15) is 0 Å². The van der Waals surface area contributed by atoms with Crippen LogP contribution in [0.2, 0.25) is 0 Å². The smallest absolute Gasteiger partial charge is 0.302 e. The molecule has 0 N–H and O–H groups in total. The highest BCUT2D eigenvalue weighted by atomic mass is 16.6. The molecule has 0 aromatic rings. The lowest BCUT2D eigenvalue weighted by Crippen LogP contribution is -1.95. The summed E-state index contributed by atoms with van der Waals surface area (Å²) in [5, 5.41) is 0. The molecule has 0 rings (SSSR count). The molecule has 0 aliphatic heterocycles. The standard InChI is InChI=1S/3C6H14.20C4H8O2/c3*1-3-5-6-4-2;20*1-3-6-4(2)5/h3*3-6H2,1-2H3;20*3H2,1-2H3. The van der Waals surface area contributed by atoms with Gasteiger partial charge in [-0.05, 0) is 138 Å². The van der Waals surface area contributed by atoms with E-state index in [-0.39, 0.29) is 119 Å². The molecular weight excluding hydrogens is 1820 g/mol. The van der Waals surface area contributed by atoms with Gasteiger partial charge in [0.25, 0.3) is 0 Å². The summed E-state index contributed by atoms with van der Waals surface area (Å²) in [6, 6.07) is 0. The summed E-state index contributed by atoms with van der Waals surface area (Å²) < 4.78 is 88.1. The fourth-order valence-corrected chi connectivity index (χ4v) is 5.57. The zero-order valence-corrected chi connectivity index (χ0v) is 95.0. The maximum atomic E-state index is 9.82. The number of hydrogen-bond donors (Lipinski definition) is 0. The van der Waals surface area contributed by atoms with E-state index in [9.17, 15) is 95.9 Å². The van der Waals surface area contributed by atoms with Crippen molar-refractivity contribution in [2.75, 3.05) is 132 Å². The van der Waals surface area contributed by atoms with Gasteiger partial charge in [0, 0.05) is 138 Å². The lowest BCUT2D eigenvalue weighted by Gasteiger charge is -1.89. The minimum Gasteiger partial charge on any atom is -0.466 e. The van der Waals surface area contributed by atoms with E-state index in [1.165, 1.54) is 216 Å². The van der Waals surface area contributed by atoms with Crippen molar-refractivity contribution in [1.29, 1.82) is 0 Å². The predicted octanol–water partition coefficient (Wildman–Crippen LogP) is 19.1. The monoisotopic (exact) mass is 2020 g/mol. The zero-order chi connectivity index (χ0) is 114. The fourth-order valence-electron chi connectivity index (χ4n) is 5.57. The van der Waals surface area contributed by atoms with Gasteiger partial charge in [-0.15, -0.1) is 0 Å². The summed E-state index contributed by atoms with van der Waals surface area (Å²) in [4.78, 5) is 196. The number of hydrogen-bond acceptors (Lipinski definition) is 40. The van der Waals surface area contributed by atoms with Gasteiger partial charge in [0.05, 0.1) is 132 Å². The van der Waals surface area contributed by atoms with Gasteiger partial charge >= 0.3 is 119 Å². The lowest BCUT2D eigenvalue weighted by atomic mass is 10.2. The molecule has 0 bridgehead atoms. The summed E-state index contributed by atoms with van der Waals surface area (Å²) in [6.07, 6.45) is 16.6. The molecule has 0 aromatic carbocycles. The van der Waals surface area contributed by atoms with E-state index in [1.54, 1.807) is 138 Å². The Morgan fingerprint density at radius 3 is 0.138 bits per heavy atom. The topological polar surface area (TPSA) is 526 Å². The SMILES string of the molecule is CCCCCC.CCCCCC.CCCCCC.CCOC(C)=O.CCOC(C)=O.CCOC(C)=O.CCOC(C)=O.CCOC(C)=O.CCOC(C)=O.CCOC(C)=O.CCOC(C)=O.CCOC(C)=O.CCOC(C)=O.CCOC(C)=O.CCOC(C)=O.CCOC(C)=O.CCOC(C)=O.CCOC(C)=O.CCOC(C)=O.CCOC(C)=O.CCOC(C)=O.CCOC(C)=O.CCOC(C)=O. The van der Waals surface area contributed by atoms with Crippen LogP contribution in [-0.2, 0) is 191 Å². The van der Waals surface area contributed by atoms with E-state index in [1.807, 2.05) is 0 Å². The van der Waals surface area contributed by atoms with Crippen LogP contribution in [0.3, 0.4) is 0 Å². The Bertz CT molecular complexity index is 1870. The number of ether oxygens (including phenoxy) is 20. The summed E-state index contributed by atoms with van der Waals surface area (Å²) in [7, 11) is 0. The Balaban J connectivity index is -0.0000000477. The quantitative estimate of drug-likeness (QED) is 0.0381. The van der Waals surface area contributed by atoms with E-state index in [4.69, 9.17) is 0 Å². The largest absolute Gasteiger partial charge is 0.466 e. The van der Waals surface area contributed by atoms with E-state index < -0.39 is 0 Å². The molecule has 834 valence electrons. The Morgan fingerprint density at radius 2 is 0.130 bits per heavy atom. The number of carbonyl (C=O) groups is 20. The maximum absolute atomic E-state index is 9.82. The van der Waals surface area contributed by atoms with Crippen LogP contribution >= 0.6 is 0 Å². The maximum Gasteiger partial charge on any atom is 0.302 e. The average Bonchev–Trinajstić information content (AvgIpc) is 1.26. The number of rotatable bonds is 29.